The molecule has 6 amide bonds. The number of carbonyl (C=O) groups is 9. The van der Waals surface area contributed by atoms with Gasteiger partial charge in [-0.1, -0.05) is 50.6 Å². The second-order valence-electron chi connectivity index (χ2n) is 23.8. The second kappa shape index (κ2) is 33.2. The highest BCUT2D eigenvalue weighted by Gasteiger charge is 2.46. The molecule has 5 atom stereocenters. The van der Waals surface area contributed by atoms with Crippen LogP contribution in [0, 0.1) is 18.7 Å². The first-order chi connectivity index (χ1) is 44.2. The van der Waals surface area contributed by atoms with E-state index in [1.807, 2.05) is 0 Å². The van der Waals surface area contributed by atoms with Gasteiger partial charge in [0.05, 0.1) is 100 Å². The van der Waals surface area contributed by atoms with Crippen LogP contribution in [0.1, 0.15) is 142 Å². The molecule has 1 fully saturated rings. The first-order valence-electron chi connectivity index (χ1n) is 31.9. The Morgan fingerprint density at radius 1 is 0.859 bits per heavy atom. The number of ketones is 2. The van der Waals surface area contributed by atoms with Gasteiger partial charge in [0, 0.05) is 93.1 Å². The van der Waals surface area contributed by atoms with Gasteiger partial charge in [0.2, 0.25) is 35.4 Å². The number of amides is 6. The SMILES string of the molecule is CC[C@@]1(O)C(=O)OCc2c1cc1n(c2=O)Cc2c-1nc1cc(F)c(C)c3c1c2C(NC(=O)CCCNC(=O)CCC(=O)[C@H](Cc1ccccc1)NC(=O)CCC(=O)CNC(O)CN(CCOCCOCCOCCO)C(=O)CCCCCN1C(=O)CC(C)C1=O)CC3. The summed E-state index contributed by atoms with van der Waals surface area (Å²) in [5.74, 6) is -4.53. The lowest BCUT2D eigenvalue weighted by Crippen LogP contribution is -2.46. The van der Waals surface area contributed by atoms with E-state index in [2.05, 4.69) is 21.3 Å². The van der Waals surface area contributed by atoms with Crippen LogP contribution in [0.5, 0.6) is 0 Å². The number of fused-ring (bicyclic) bond motifs is 5. The number of carbonyl (C=O) groups excluding carboxylic acids is 9. The minimum Gasteiger partial charge on any atom is -0.458 e. The van der Waals surface area contributed by atoms with Crippen molar-refractivity contribution in [3.05, 3.63) is 97.6 Å². The van der Waals surface area contributed by atoms with Crippen LogP contribution < -0.4 is 26.8 Å². The molecule has 5 heterocycles. The van der Waals surface area contributed by atoms with E-state index >= 15 is 4.39 Å². The van der Waals surface area contributed by atoms with Crippen molar-refractivity contribution in [3.63, 3.8) is 0 Å². The Bertz CT molecular complexity index is 3440. The van der Waals surface area contributed by atoms with Gasteiger partial charge in [0.1, 0.15) is 24.4 Å². The lowest BCUT2D eigenvalue weighted by molar-refractivity contribution is -0.172. The zero-order valence-electron chi connectivity index (χ0n) is 52.6. The lowest BCUT2D eigenvalue weighted by Gasteiger charge is -2.31. The number of hydrogen-bond donors (Lipinski definition) is 7. The van der Waals surface area contributed by atoms with Crippen LogP contribution in [0.2, 0.25) is 0 Å². The quantitative estimate of drug-likeness (QED) is 0.0129. The molecule has 3 unspecified atom stereocenters. The molecule has 1 aliphatic carbocycles. The van der Waals surface area contributed by atoms with Gasteiger partial charge in [-0.05, 0) is 80.2 Å². The molecule has 0 spiro atoms. The maximum atomic E-state index is 15.5. The van der Waals surface area contributed by atoms with Crippen molar-refractivity contribution in [1.82, 2.24) is 40.6 Å². The number of aromatic nitrogens is 2. The number of aliphatic hydroxyl groups excluding tert-OH is 2. The summed E-state index contributed by atoms with van der Waals surface area (Å²) >= 11 is 0. The largest absolute Gasteiger partial charge is 0.458 e. The fourth-order valence-electron chi connectivity index (χ4n) is 12.2. The normalized spacial score (nSPS) is 17.8. The summed E-state index contributed by atoms with van der Waals surface area (Å²) in [6, 6.07) is 10.3. The molecule has 8 rings (SSSR count). The summed E-state index contributed by atoms with van der Waals surface area (Å²) in [4.78, 5) is 139. The minimum atomic E-state index is -2.05. The number of ether oxygens (including phenoxy) is 4. The summed E-state index contributed by atoms with van der Waals surface area (Å²) in [5, 5.41) is 43.2. The molecule has 92 heavy (non-hydrogen) atoms. The molecule has 4 aliphatic rings. The highest BCUT2D eigenvalue weighted by molar-refractivity contribution is 6.03. The number of nitrogens with zero attached hydrogens (tertiary/aromatic N) is 4. The zero-order chi connectivity index (χ0) is 66.1. The molecule has 0 radical (unpaired) electrons. The van der Waals surface area contributed by atoms with Crippen molar-refractivity contribution in [2.75, 3.05) is 79.0 Å². The first-order valence-corrected chi connectivity index (χ1v) is 31.9. The number of cyclic esters (lactones) is 1. The van der Waals surface area contributed by atoms with Crippen molar-refractivity contribution < 1.29 is 81.8 Å². The highest BCUT2D eigenvalue weighted by Crippen LogP contribution is 2.46. The highest BCUT2D eigenvalue weighted by atomic mass is 19.1. The van der Waals surface area contributed by atoms with Crippen molar-refractivity contribution in [3.8, 4) is 11.4 Å². The average Bonchev–Trinajstić information content (AvgIpc) is 1.48. The van der Waals surface area contributed by atoms with Crippen LogP contribution in [-0.4, -0.2) is 179 Å². The van der Waals surface area contributed by atoms with Crippen LogP contribution in [0.4, 0.5) is 4.39 Å². The molecule has 1 saturated heterocycles. The van der Waals surface area contributed by atoms with Crippen LogP contribution in [0.15, 0.2) is 47.3 Å². The number of aliphatic hydroxyl groups is 3. The van der Waals surface area contributed by atoms with E-state index in [4.69, 9.17) is 29.0 Å². The summed E-state index contributed by atoms with van der Waals surface area (Å²) in [6.07, 6.45) is 0.769. The number of likely N-dealkylation sites (tertiary alicyclic amines) is 1. The molecule has 498 valence electrons. The molecular formula is C66H85FN8O17. The number of imide groups is 1. The van der Waals surface area contributed by atoms with Gasteiger partial charge in [-0.15, -0.1) is 0 Å². The molecule has 2 aromatic carbocycles. The standard InChI is InChI=1S/C66H85FN8O17/c1-4-66(88)47-34-52-62-45(37-75(52)64(86)46(47)39-92-65(66)87)61-49(18-17-44-41(3)48(67)35-51(72-62)60(44)61)70-55(80)14-11-22-68-54(79)21-19-53(78)50(33-42-12-7-5-8-13-42)71-56(81)20-16-43(77)36-69-57(82)38-73(24-26-89-28-30-91-31-29-90-27-25-76)58(83)15-9-6-10-23-74-59(84)32-40(2)63(74)85/h5,7-8,12-13,34-35,40,49-50,57,69,76,82,88H,4,6,9-11,14-33,36-39H2,1-3H3,(H,68,79)(H,70,80)(H,71,81)/t40?,49?,50-,57?,66-/m0/s1. The van der Waals surface area contributed by atoms with Crippen LogP contribution >= 0.6 is 0 Å². The summed E-state index contributed by atoms with van der Waals surface area (Å²) in [5.41, 5.74) is 2.17. The Labute approximate surface area is 532 Å². The van der Waals surface area contributed by atoms with Gasteiger partial charge < -0.3 is 59.7 Å². The molecule has 25 nitrogen and oxygen atoms in total. The number of esters is 1. The monoisotopic (exact) mass is 1280 g/mol. The fraction of sp³-hybridized carbons (Fsp3) is 0.561. The number of benzene rings is 2. The van der Waals surface area contributed by atoms with E-state index in [9.17, 15) is 58.2 Å². The fourth-order valence-corrected chi connectivity index (χ4v) is 12.2. The maximum Gasteiger partial charge on any atom is 0.343 e. The van der Waals surface area contributed by atoms with E-state index in [-0.39, 0.29) is 184 Å². The van der Waals surface area contributed by atoms with E-state index in [0.717, 1.165) is 11.1 Å². The Morgan fingerprint density at radius 2 is 1.59 bits per heavy atom. The van der Waals surface area contributed by atoms with Crippen LogP contribution in [0.25, 0.3) is 22.3 Å². The number of unbranched alkanes of at least 4 members (excludes halogenated alkanes) is 2. The Morgan fingerprint density at radius 3 is 2.30 bits per heavy atom. The van der Waals surface area contributed by atoms with Gasteiger partial charge in [-0.3, -0.25) is 53.4 Å². The first kappa shape index (κ1) is 70.2. The number of halogens is 1. The van der Waals surface area contributed by atoms with Crippen molar-refractivity contribution >= 4 is 63.9 Å². The summed E-state index contributed by atoms with van der Waals surface area (Å²) in [6.45, 7) is 6.08. The minimum absolute atomic E-state index is 0.0129. The van der Waals surface area contributed by atoms with E-state index < -0.39 is 64.6 Å². The van der Waals surface area contributed by atoms with Gasteiger partial charge >= 0.3 is 5.97 Å². The van der Waals surface area contributed by atoms with Gasteiger partial charge in [0.25, 0.3) is 5.56 Å². The number of rotatable bonds is 38. The smallest absolute Gasteiger partial charge is 0.343 e. The zero-order valence-corrected chi connectivity index (χ0v) is 52.6. The van der Waals surface area contributed by atoms with Crippen molar-refractivity contribution in [2.24, 2.45) is 5.92 Å². The van der Waals surface area contributed by atoms with E-state index in [0.29, 0.717) is 84.3 Å². The van der Waals surface area contributed by atoms with Gasteiger partial charge in [-0.2, -0.15) is 0 Å². The summed E-state index contributed by atoms with van der Waals surface area (Å²) in [7, 11) is 0. The van der Waals surface area contributed by atoms with Crippen molar-refractivity contribution in [1.29, 1.82) is 0 Å². The molecular weight excluding hydrogens is 1200 g/mol. The van der Waals surface area contributed by atoms with E-state index in [1.165, 1.54) is 20.4 Å². The van der Waals surface area contributed by atoms with E-state index in [1.54, 1.807) is 57.2 Å². The lowest BCUT2D eigenvalue weighted by atomic mass is 9.81. The third kappa shape index (κ3) is 17.7. The van der Waals surface area contributed by atoms with Crippen molar-refractivity contribution in [2.45, 2.75) is 154 Å². The Kier molecular flexibility index (Phi) is 25.3. The number of nitrogens with one attached hydrogen (secondary N) is 4. The van der Waals surface area contributed by atoms with Crippen LogP contribution in [-0.2, 0) is 93.7 Å². The third-order valence-electron chi connectivity index (χ3n) is 17.4. The van der Waals surface area contributed by atoms with Gasteiger partial charge in [-0.25, -0.2) is 14.2 Å². The number of aryl methyl sites for hydroxylation is 1. The average molecular weight is 1280 g/mol. The molecule has 3 aliphatic heterocycles. The van der Waals surface area contributed by atoms with Crippen LogP contribution in [0.3, 0.4) is 0 Å². The number of Topliss-reactive ketones (excluding diaryl/α,β-unsaturated/α-hetero) is 2. The Hall–Kier alpha value is -7.72. The second-order valence-corrected chi connectivity index (χ2v) is 23.8. The number of hydrogen-bond acceptors (Lipinski definition) is 19. The Balaban J connectivity index is 0.782. The predicted octanol–water partition coefficient (Wildman–Crippen LogP) is 2.69. The maximum absolute atomic E-state index is 15.5. The van der Waals surface area contributed by atoms with Gasteiger partial charge in [0.15, 0.2) is 11.4 Å². The third-order valence-corrected chi connectivity index (χ3v) is 17.4. The molecule has 4 aromatic rings. The topological polar surface area (TPSA) is 341 Å². The molecule has 2 aromatic heterocycles. The molecule has 0 bridgehead atoms. The molecule has 26 heteroatoms. The molecule has 7 N–H and O–H groups in total. The predicted molar refractivity (Wildman–Crippen MR) is 330 cm³/mol. The molecule has 0 saturated carbocycles. The number of pyridine rings is 2. The summed E-state index contributed by atoms with van der Waals surface area (Å²) < 4.78 is 38.5.